The van der Waals surface area contributed by atoms with Crippen LogP contribution in [0.25, 0.3) is 0 Å². The van der Waals surface area contributed by atoms with Crippen LogP contribution in [0.3, 0.4) is 0 Å². The Morgan fingerprint density at radius 1 is 1.14 bits per heavy atom. The van der Waals surface area contributed by atoms with E-state index in [9.17, 15) is 9.90 Å². The number of methoxy groups -OCH3 is 2. The van der Waals surface area contributed by atoms with Crippen molar-refractivity contribution in [2.75, 3.05) is 20.8 Å². The van der Waals surface area contributed by atoms with Gasteiger partial charge in [0, 0.05) is 11.1 Å². The first kappa shape index (κ1) is 20.1. The molecular weight excluding hydrogens is 415 g/mol. The Morgan fingerprint density at radius 3 is 2.59 bits per heavy atom. The van der Waals surface area contributed by atoms with Gasteiger partial charge in [-0.15, -0.1) is 0 Å². The van der Waals surface area contributed by atoms with Crippen molar-refractivity contribution < 1.29 is 19.4 Å². The summed E-state index contributed by atoms with van der Waals surface area (Å²) in [5.41, 5.74) is 3.40. The Labute approximate surface area is 179 Å². The number of carbonyl (C=O) groups is 1. The van der Waals surface area contributed by atoms with Gasteiger partial charge in [-0.2, -0.15) is 0 Å². The molecule has 29 heavy (non-hydrogen) atoms. The number of nitrogens with zero attached hydrogens (tertiary/aromatic N) is 1. The second kappa shape index (κ2) is 7.94. The highest BCUT2D eigenvalue weighted by molar-refractivity contribution is 6.42. The van der Waals surface area contributed by atoms with Gasteiger partial charge in [0.05, 0.1) is 43.4 Å². The molecule has 0 aromatic heterocycles. The van der Waals surface area contributed by atoms with Gasteiger partial charge in [-0.05, 0) is 42.2 Å². The van der Waals surface area contributed by atoms with Gasteiger partial charge in [-0.1, -0.05) is 29.3 Å². The number of β-amino-alcohol motifs (C(OH)–C–C–N with tert-alkyl or cyclic N) is 1. The van der Waals surface area contributed by atoms with E-state index in [0.717, 1.165) is 29.5 Å². The summed E-state index contributed by atoms with van der Waals surface area (Å²) >= 11 is 12.4. The first-order valence-electron chi connectivity index (χ1n) is 9.38. The third kappa shape index (κ3) is 3.50. The number of hydrogen-bond donors (Lipinski definition) is 2. The molecule has 2 amide bonds. The lowest BCUT2D eigenvalue weighted by molar-refractivity contribution is 0.0994. The lowest BCUT2D eigenvalue weighted by atomic mass is 9.95. The number of aliphatic hydroxyl groups is 1. The monoisotopic (exact) mass is 436 g/mol. The molecule has 6 nitrogen and oxygen atoms in total. The van der Waals surface area contributed by atoms with E-state index in [1.54, 1.807) is 37.3 Å². The Bertz CT molecular complexity index is 966. The van der Waals surface area contributed by atoms with Gasteiger partial charge in [-0.25, -0.2) is 4.79 Å². The summed E-state index contributed by atoms with van der Waals surface area (Å²) in [4.78, 5) is 14.6. The van der Waals surface area contributed by atoms with Crippen molar-refractivity contribution in [3.63, 3.8) is 0 Å². The van der Waals surface area contributed by atoms with Crippen LogP contribution in [-0.2, 0) is 13.0 Å². The van der Waals surface area contributed by atoms with Crippen molar-refractivity contribution in [3.8, 4) is 11.5 Å². The molecular formula is C21H22Cl2N2O4. The highest BCUT2D eigenvalue weighted by atomic mass is 35.5. The van der Waals surface area contributed by atoms with E-state index < -0.39 is 6.10 Å². The quantitative estimate of drug-likeness (QED) is 0.753. The molecule has 0 saturated carbocycles. The molecule has 4 rings (SSSR count). The van der Waals surface area contributed by atoms with Crippen molar-refractivity contribution in [1.82, 2.24) is 10.2 Å². The predicted molar refractivity (Wildman–Crippen MR) is 111 cm³/mol. The predicted octanol–water partition coefficient (Wildman–Crippen LogP) is 4.26. The zero-order chi connectivity index (χ0) is 20.7. The largest absolute Gasteiger partial charge is 0.496 e. The SMILES string of the molecule is COc1ccc(OC)c2c1CN(C(=O)NC1CCc3c1ccc(Cl)c3Cl)CC2O. The zero-order valence-corrected chi connectivity index (χ0v) is 17.7. The molecule has 0 bridgehead atoms. The van der Waals surface area contributed by atoms with Crippen molar-refractivity contribution in [2.24, 2.45) is 0 Å². The van der Waals surface area contributed by atoms with E-state index in [1.165, 1.54) is 0 Å². The van der Waals surface area contributed by atoms with E-state index >= 15 is 0 Å². The topological polar surface area (TPSA) is 71.0 Å². The fraction of sp³-hybridized carbons (Fsp3) is 0.381. The first-order valence-corrected chi connectivity index (χ1v) is 10.1. The van der Waals surface area contributed by atoms with E-state index in [-0.39, 0.29) is 18.6 Å². The number of rotatable bonds is 3. The third-order valence-electron chi connectivity index (χ3n) is 5.67. The van der Waals surface area contributed by atoms with Crippen LogP contribution in [0.1, 0.15) is 40.8 Å². The molecule has 1 heterocycles. The minimum Gasteiger partial charge on any atom is -0.496 e. The van der Waals surface area contributed by atoms with Crippen LogP contribution < -0.4 is 14.8 Å². The number of nitrogens with one attached hydrogen (secondary N) is 1. The van der Waals surface area contributed by atoms with Gasteiger partial charge in [-0.3, -0.25) is 0 Å². The second-order valence-corrected chi connectivity index (χ2v) is 8.01. The summed E-state index contributed by atoms with van der Waals surface area (Å²) in [6.45, 7) is 0.489. The molecule has 0 saturated heterocycles. The molecule has 0 spiro atoms. The summed E-state index contributed by atoms with van der Waals surface area (Å²) in [5, 5.41) is 14.9. The Kier molecular flexibility index (Phi) is 5.51. The Hall–Kier alpha value is -2.15. The van der Waals surface area contributed by atoms with Gasteiger partial charge < -0.3 is 24.8 Å². The molecule has 2 aromatic rings. The Morgan fingerprint density at radius 2 is 1.86 bits per heavy atom. The fourth-order valence-corrected chi connectivity index (χ4v) is 4.70. The fourth-order valence-electron chi connectivity index (χ4n) is 4.25. The molecule has 2 aromatic carbocycles. The first-order chi connectivity index (χ1) is 13.9. The molecule has 2 atom stereocenters. The smallest absolute Gasteiger partial charge is 0.318 e. The van der Waals surface area contributed by atoms with Gasteiger partial charge in [0.2, 0.25) is 0 Å². The summed E-state index contributed by atoms with van der Waals surface area (Å²) in [6.07, 6.45) is 0.653. The second-order valence-electron chi connectivity index (χ2n) is 7.23. The number of fused-ring (bicyclic) bond motifs is 2. The van der Waals surface area contributed by atoms with Crippen molar-refractivity contribution >= 4 is 29.2 Å². The maximum atomic E-state index is 13.0. The van der Waals surface area contributed by atoms with E-state index in [4.69, 9.17) is 32.7 Å². The van der Waals surface area contributed by atoms with E-state index in [0.29, 0.717) is 33.7 Å². The molecule has 2 N–H and O–H groups in total. The molecule has 0 fully saturated rings. The number of hydrogen-bond acceptors (Lipinski definition) is 4. The minimum absolute atomic E-state index is 0.141. The average Bonchev–Trinajstić information content (AvgIpc) is 3.13. The van der Waals surface area contributed by atoms with Gasteiger partial charge in [0.1, 0.15) is 17.6 Å². The van der Waals surface area contributed by atoms with Crippen LogP contribution >= 0.6 is 23.2 Å². The van der Waals surface area contributed by atoms with Crippen LogP contribution in [0.5, 0.6) is 11.5 Å². The molecule has 8 heteroatoms. The van der Waals surface area contributed by atoms with E-state index in [1.807, 2.05) is 6.07 Å². The summed E-state index contributed by atoms with van der Waals surface area (Å²) in [7, 11) is 3.13. The van der Waals surface area contributed by atoms with Gasteiger partial charge >= 0.3 is 6.03 Å². The molecule has 2 unspecified atom stereocenters. The maximum Gasteiger partial charge on any atom is 0.318 e. The highest BCUT2D eigenvalue weighted by Crippen LogP contribution is 2.41. The molecule has 1 aliphatic heterocycles. The third-order valence-corrected chi connectivity index (χ3v) is 6.51. The summed E-state index contributed by atoms with van der Waals surface area (Å²) in [5.74, 6) is 1.20. The number of amides is 2. The van der Waals surface area contributed by atoms with Crippen molar-refractivity contribution in [2.45, 2.75) is 31.5 Å². The van der Waals surface area contributed by atoms with Crippen LogP contribution in [0.15, 0.2) is 24.3 Å². The number of carbonyl (C=O) groups excluding carboxylic acids is 1. The van der Waals surface area contributed by atoms with Crippen LogP contribution in [0.2, 0.25) is 10.0 Å². The normalized spacial score (nSPS) is 20.1. The van der Waals surface area contributed by atoms with Crippen LogP contribution in [-0.4, -0.2) is 36.8 Å². The average molecular weight is 437 g/mol. The summed E-state index contributed by atoms with van der Waals surface area (Å²) < 4.78 is 10.8. The van der Waals surface area contributed by atoms with Crippen molar-refractivity contribution in [3.05, 3.63) is 56.6 Å². The molecule has 2 aliphatic rings. The van der Waals surface area contributed by atoms with Gasteiger partial charge in [0.25, 0.3) is 0 Å². The molecule has 1 aliphatic carbocycles. The van der Waals surface area contributed by atoms with Crippen molar-refractivity contribution in [1.29, 1.82) is 0 Å². The van der Waals surface area contributed by atoms with Gasteiger partial charge in [0.15, 0.2) is 0 Å². The molecule has 154 valence electrons. The minimum atomic E-state index is -0.862. The lowest BCUT2D eigenvalue weighted by Crippen LogP contribution is -2.45. The molecule has 0 radical (unpaired) electrons. The number of benzene rings is 2. The standard InChI is InChI=1S/C21H22Cl2N2O4/c1-28-17-7-8-18(29-2)19-13(17)9-25(10-16(19)26)21(27)24-15-6-4-12-11(15)3-5-14(22)20(12)23/h3,5,7-8,15-16,26H,4,6,9-10H2,1-2H3,(H,24,27). The van der Waals surface area contributed by atoms with Crippen LogP contribution in [0.4, 0.5) is 4.79 Å². The zero-order valence-electron chi connectivity index (χ0n) is 16.2. The lowest BCUT2D eigenvalue weighted by Gasteiger charge is -2.34. The van der Waals surface area contributed by atoms with E-state index in [2.05, 4.69) is 5.32 Å². The van der Waals surface area contributed by atoms with Crippen LogP contribution in [0, 0.1) is 0 Å². The number of ether oxygens (including phenoxy) is 2. The number of aliphatic hydroxyl groups excluding tert-OH is 1. The maximum absolute atomic E-state index is 13.0. The highest BCUT2D eigenvalue weighted by Gasteiger charge is 2.34. The summed E-state index contributed by atoms with van der Waals surface area (Å²) in [6, 6.07) is 6.83. The number of halogens is 2. The number of urea groups is 1. The Balaban J connectivity index is 1.56.